The van der Waals surface area contributed by atoms with E-state index in [0.29, 0.717) is 6.41 Å². The average molecular weight is 187 g/mol. The van der Waals surface area contributed by atoms with Crippen molar-refractivity contribution in [1.29, 1.82) is 0 Å². The number of rotatable bonds is 3. The maximum absolute atomic E-state index is 9.54. The van der Waals surface area contributed by atoms with Crippen LogP contribution in [0.25, 0.3) is 0 Å². The Labute approximate surface area is 74.4 Å². The zero-order chi connectivity index (χ0) is 9.94. The molecular formula is C7H9NO5. The normalized spacial score (nSPS) is 11.4. The number of carbonyl (C=O) groups excluding carboxylic acids is 1. The van der Waals surface area contributed by atoms with Crippen molar-refractivity contribution in [2.45, 2.75) is 0 Å². The van der Waals surface area contributed by atoms with Crippen LogP contribution in [0.15, 0.2) is 25.0 Å². The number of aliphatic carboxylic acids is 1. The second kappa shape index (κ2) is 8.12. The third-order valence-electron chi connectivity index (χ3n) is 0.762. The molecule has 1 aliphatic heterocycles. The molecule has 0 spiro atoms. The number of carbonyl (C=O) groups is 2. The Morgan fingerprint density at radius 1 is 1.31 bits per heavy atom. The van der Waals surface area contributed by atoms with Gasteiger partial charge in [-0.1, -0.05) is 0 Å². The zero-order valence-electron chi connectivity index (χ0n) is 6.67. The summed E-state index contributed by atoms with van der Waals surface area (Å²) in [7, 11) is 0. The van der Waals surface area contributed by atoms with E-state index in [-0.39, 0.29) is 6.54 Å². The summed E-state index contributed by atoms with van der Waals surface area (Å²) in [5.41, 5.74) is 0. The molecule has 13 heavy (non-hydrogen) atoms. The van der Waals surface area contributed by atoms with Gasteiger partial charge in [-0.15, -0.1) is 0 Å². The van der Waals surface area contributed by atoms with Crippen molar-refractivity contribution < 1.29 is 24.2 Å². The first-order chi connectivity index (χ1) is 6.27. The van der Waals surface area contributed by atoms with Crippen LogP contribution in [0, 0.1) is 0 Å². The lowest BCUT2D eigenvalue weighted by atomic mass is 10.7. The monoisotopic (exact) mass is 187 g/mol. The Kier molecular flexibility index (Phi) is 6.88. The van der Waals surface area contributed by atoms with E-state index in [1.165, 1.54) is 25.0 Å². The van der Waals surface area contributed by atoms with Crippen LogP contribution in [0.5, 0.6) is 0 Å². The maximum Gasteiger partial charge on any atom is 0.322 e. The van der Waals surface area contributed by atoms with Gasteiger partial charge in [0.2, 0.25) is 6.41 Å². The fraction of sp³-hybridized carbons (Fsp3) is 0.143. The van der Waals surface area contributed by atoms with E-state index in [4.69, 9.17) is 5.11 Å². The van der Waals surface area contributed by atoms with Gasteiger partial charge in [0, 0.05) is 0 Å². The number of hydrogen-bond acceptors (Lipinski definition) is 4. The van der Waals surface area contributed by atoms with Crippen molar-refractivity contribution in [3.05, 3.63) is 25.0 Å². The van der Waals surface area contributed by atoms with Crippen molar-refractivity contribution in [2.75, 3.05) is 6.54 Å². The highest BCUT2D eigenvalue weighted by atomic mass is 16.5. The molecule has 1 rings (SSSR count). The summed E-state index contributed by atoms with van der Waals surface area (Å²) in [5.74, 6) is -1.04. The highest BCUT2D eigenvalue weighted by Gasteiger charge is 1.88. The van der Waals surface area contributed by atoms with E-state index in [0.717, 1.165) is 0 Å². The third-order valence-corrected chi connectivity index (χ3v) is 0.762. The number of amides is 1. The molecule has 6 heteroatoms. The topological polar surface area (TPSA) is 84.9 Å². The molecule has 0 aromatic heterocycles. The second-order valence-corrected chi connectivity index (χ2v) is 1.71. The van der Waals surface area contributed by atoms with E-state index in [1.807, 2.05) is 5.32 Å². The van der Waals surface area contributed by atoms with Crippen molar-refractivity contribution in [3.63, 3.8) is 0 Å². The molecule has 0 bridgehead atoms. The van der Waals surface area contributed by atoms with Crippen molar-refractivity contribution in [3.8, 4) is 0 Å². The first-order valence-corrected chi connectivity index (χ1v) is 3.27. The average Bonchev–Trinajstić information content (AvgIpc) is 2.18. The number of carboxylic acid groups (broad SMARTS) is 1. The van der Waals surface area contributed by atoms with E-state index in [9.17, 15) is 9.59 Å². The summed E-state index contributed by atoms with van der Waals surface area (Å²) in [6, 6.07) is 0. The SMILES string of the molecule is C1=COC=CO1.O=CNCC(=O)O. The number of carboxylic acids is 1. The first-order valence-electron chi connectivity index (χ1n) is 3.27. The Morgan fingerprint density at radius 3 is 1.92 bits per heavy atom. The Bertz CT molecular complexity index is 191. The lowest BCUT2D eigenvalue weighted by Crippen LogP contribution is -2.20. The van der Waals surface area contributed by atoms with Crippen LogP contribution in [0.2, 0.25) is 0 Å². The van der Waals surface area contributed by atoms with Crippen LogP contribution in [-0.2, 0) is 19.1 Å². The van der Waals surface area contributed by atoms with E-state index in [2.05, 4.69) is 9.47 Å². The van der Waals surface area contributed by atoms with E-state index in [1.54, 1.807) is 0 Å². The predicted molar refractivity (Wildman–Crippen MR) is 42.2 cm³/mol. The van der Waals surface area contributed by atoms with Crippen molar-refractivity contribution >= 4 is 12.4 Å². The minimum atomic E-state index is -1.04. The van der Waals surface area contributed by atoms with Gasteiger partial charge in [0.1, 0.15) is 31.6 Å². The summed E-state index contributed by atoms with van der Waals surface area (Å²) in [4.78, 5) is 18.9. The molecule has 0 saturated carbocycles. The van der Waals surface area contributed by atoms with Gasteiger partial charge in [-0.3, -0.25) is 9.59 Å². The van der Waals surface area contributed by atoms with Crippen molar-refractivity contribution in [2.24, 2.45) is 0 Å². The predicted octanol–water partition coefficient (Wildman–Crippen LogP) is -0.207. The molecule has 0 atom stereocenters. The first kappa shape index (κ1) is 11.0. The molecule has 0 aromatic rings. The smallest absolute Gasteiger partial charge is 0.322 e. The van der Waals surface area contributed by atoms with Crippen LogP contribution in [-0.4, -0.2) is 24.0 Å². The Balaban J connectivity index is 0.000000223. The number of ether oxygens (including phenoxy) is 2. The van der Waals surface area contributed by atoms with Crippen LogP contribution in [0.1, 0.15) is 0 Å². The van der Waals surface area contributed by atoms with E-state index >= 15 is 0 Å². The molecule has 0 aliphatic carbocycles. The summed E-state index contributed by atoms with van der Waals surface area (Å²) in [6.45, 7) is -0.302. The largest absolute Gasteiger partial charge is 0.480 e. The van der Waals surface area contributed by atoms with Crippen LogP contribution in [0.4, 0.5) is 0 Å². The van der Waals surface area contributed by atoms with Crippen molar-refractivity contribution in [1.82, 2.24) is 5.32 Å². The van der Waals surface area contributed by atoms with Gasteiger partial charge < -0.3 is 19.9 Å². The van der Waals surface area contributed by atoms with Gasteiger partial charge in [0.25, 0.3) is 0 Å². The zero-order valence-corrected chi connectivity index (χ0v) is 6.67. The van der Waals surface area contributed by atoms with Gasteiger partial charge >= 0.3 is 5.97 Å². The molecule has 1 aliphatic rings. The number of hydrogen-bond donors (Lipinski definition) is 2. The molecule has 0 unspecified atom stereocenters. The number of nitrogens with one attached hydrogen (secondary N) is 1. The lowest BCUT2D eigenvalue weighted by molar-refractivity contribution is -0.136. The molecule has 72 valence electrons. The van der Waals surface area contributed by atoms with Crippen LogP contribution in [0.3, 0.4) is 0 Å². The molecule has 1 amide bonds. The maximum atomic E-state index is 9.54. The molecule has 2 N–H and O–H groups in total. The minimum absolute atomic E-state index is 0.302. The fourth-order valence-corrected chi connectivity index (χ4v) is 0.348. The minimum Gasteiger partial charge on any atom is -0.480 e. The lowest BCUT2D eigenvalue weighted by Gasteiger charge is -1.94. The summed E-state index contributed by atoms with van der Waals surface area (Å²) in [6.07, 6.45) is 6.17. The second-order valence-electron chi connectivity index (χ2n) is 1.71. The van der Waals surface area contributed by atoms with Gasteiger partial charge in [-0.05, 0) is 0 Å². The molecule has 0 fully saturated rings. The molecule has 6 nitrogen and oxygen atoms in total. The van der Waals surface area contributed by atoms with Gasteiger partial charge in [-0.2, -0.15) is 0 Å². The highest BCUT2D eigenvalue weighted by Crippen LogP contribution is 1.89. The highest BCUT2D eigenvalue weighted by molar-refractivity contribution is 5.71. The molecule has 0 saturated heterocycles. The van der Waals surface area contributed by atoms with E-state index < -0.39 is 5.97 Å². The third kappa shape index (κ3) is 10.0. The van der Waals surface area contributed by atoms with Gasteiger partial charge in [0.15, 0.2) is 0 Å². The summed E-state index contributed by atoms with van der Waals surface area (Å²) in [5, 5.41) is 9.79. The molecule has 1 heterocycles. The van der Waals surface area contributed by atoms with Crippen LogP contribution >= 0.6 is 0 Å². The standard InChI is InChI=1S/C4H4O2.C3H5NO3/c1-2-6-4-3-5-1;5-2-4-1-3(6)7/h1-4H;2H,1H2,(H,4,5)(H,6,7). The summed E-state index contributed by atoms with van der Waals surface area (Å²) >= 11 is 0. The molecule has 0 radical (unpaired) electrons. The fourth-order valence-electron chi connectivity index (χ4n) is 0.348. The Hall–Kier alpha value is -1.98. The molecular weight excluding hydrogens is 178 g/mol. The Morgan fingerprint density at radius 2 is 1.77 bits per heavy atom. The van der Waals surface area contributed by atoms with Crippen LogP contribution < -0.4 is 5.32 Å². The van der Waals surface area contributed by atoms with Gasteiger partial charge in [0.05, 0.1) is 0 Å². The van der Waals surface area contributed by atoms with Gasteiger partial charge in [-0.25, -0.2) is 0 Å². The quantitative estimate of drug-likeness (QED) is 0.597. The molecule has 0 aromatic carbocycles. The summed E-state index contributed by atoms with van der Waals surface area (Å²) < 4.78 is 9.17.